The van der Waals surface area contributed by atoms with Crippen LogP contribution in [0.5, 0.6) is 0 Å². The van der Waals surface area contributed by atoms with Crippen LogP contribution in [-0.4, -0.2) is 48.5 Å². The van der Waals surface area contributed by atoms with Crippen LogP contribution in [-0.2, 0) is 4.79 Å². The van der Waals surface area contributed by atoms with Crippen molar-refractivity contribution >= 4 is 17.3 Å². The lowest BCUT2D eigenvalue weighted by atomic mass is 9.89. The highest BCUT2D eigenvalue weighted by atomic mass is 16.6. The summed E-state index contributed by atoms with van der Waals surface area (Å²) in [5, 5.41) is 17.0. The molecule has 0 bridgehead atoms. The van der Waals surface area contributed by atoms with E-state index in [0.29, 0.717) is 5.92 Å². The molecule has 1 aromatic rings. The third-order valence-electron chi connectivity index (χ3n) is 4.53. The second kappa shape index (κ2) is 6.41. The van der Waals surface area contributed by atoms with E-state index in [4.69, 9.17) is 0 Å². The Morgan fingerprint density at radius 3 is 2.95 bits per heavy atom. The Hall–Kier alpha value is -1.99. The van der Waals surface area contributed by atoms with E-state index in [1.54, 1.807) is 18.2 Å². The lowest BCUT2D eigenvalue weighted by Crippen LogP contribution is -2.43. The molecule has 3 rings (SSSR count). The van der Waals surface area contributed by atoms with Crippen molar-refractivity contribution < 1.29 is 9.72 Å². The van der Waals surface area contributed by atoms with Crippen molar-refractivity contribution in [3.8, 4) is 0 Å². The largest absolute Gasteiger partial charge is 0.319 e. The fraction of sp³-hybridized carbons (Fsp3) is 0.533. The molecule has 1 amide bonds. The van der Waals surface area contributed by atoms with Gasteiger partial charge >= 0.3 is 0 Å². The number of rotatable bonds is 4. The lowest BCUT2D eigenvalue weighted by Gasteiger charge is -2.33. The number of para-hydroxylation sites is 2. The summed E-state index contributed by atoms with van der Waals surface area (Å²) in [5.74, 6) is 1.15. The van der Waals surface area contributed by atoms with Crippen LogP contribution in [0.3, 0.4) is 0 Å². The van der Waals surface area contributed by atoms with Gasteiger partial charge in [-0.25, -0.2) is 0 Å². The van der Waals surface area contributed by atoms with Crippen LogP contribution >= 0.6 is 0 Å². The van der Waals surface area contributed by atoms with Gasteiger partial charge in [-0.15, -0.1) is 0 Å². The molecule has 1 aromatic carbocycles. The summed E-state index contributed by atoms with van der Waals surface area (Å²) in [7, 11) is 0. The van der Waals surface area contributed by atoms with Gasteiger partial charge in [0.1, 0.15) is 5.69 Å². The second-order valence-corrected chi connectivity index (χ2v) is 6.02. The highest BCUT2D eigenvalue weighted by molar-refractivity contribution is 5.94. The number of carbonyl (C=O) groups excluding carboxylic acids is 1. The number of hydrogen-bond donors (Lipinski definition) is 2. The first kappa shape index (κ1) is 14.9. The number of nitro benzene ring substituents is 1. The number of fused-ring (bicyclic) bond motifs is 1. The Bertz CT molecular complexity index is 578. The number of anilines is 1. The molecule has 118 valence electrons. The van der Waals surface area contributed by atoms with E-state index in [2.05, 4.69) is 15.5 Å². The van der Waals surface area contributed by atoms with Crippen molar-refractivity contribution in [2.45, 2.75) is 6.42 Å². The average molecular weight is 304 g/mol. The molecule has 0 spiro atoms. The molecule has 22 heavy (non-hydrogen) atoms. The van der Waals surface area contributed by atoms with Crippen LogP contribution in [0.4, 0.5) is 11.4 Å². The number of likely N-dealkylation sites (tertiary alicyclic amines) is 1. The number of carbonyl (C=O) groups is 1. The van der Waals surface area contributed by atoms with Gasteiger partial charge in [0.2, 0.25) is 5.91 Å². The Kier molecular flexibility index (Phi) is 4.35. The molecule has 0 aromatic heterocycles. The molecule has 2 aliphatic heterocycles. The number of benzene rings is 1. The topological polar surface area (TPSA) is 87.5 Å². The zero-order valence-corrected chi connectivity index (χ0v) is 12.3. The van der Waals surface area contributed by atoms with Gasteiger partial charge in [-0.05, 0) is 44.0 Å². The molecule has 0 saturated carbocycles. The predicted molar refractivity (Wildman–Crippen MR) is 82.6 cm³/mol. The van der Waals surface area contributed by atoms with E-state index in [0.717, 1.165) is 38.5 Å². The van der Waals surface area contributed by atoms with Crippen molar-refractivity contribution in [2.24, 2.45) is 11.8 Å². The zero-order valence-electron chi connectivity index (χ0n) is 12.3. The molecule has 7 nitrogen and oxygen atoms in total. The third kappa shape index (κ3) is 3.26. The fourth-order valence-corrected chi connectivity index (χ4v) is 3.39. The summed E-state index contributed by atoms with van der Waals surface area (Å²) in [5.41, 5.74) is 0.185. The van der Waals surface area contributed by atoms with Crippen molar-refractivity contribution in [3.05, 3.63) is 34.4 Å². The molecule has 2 unspecified atom stereocenters. The normalized spacial score (nSPS) is 24.7. The van der Waals surface area contributed by atoms with Crippen LogP contribution < -0.4 is 10.6 Å². The van der Waals surface area contributed by atoms with Crippen molar-refractivity contribution in [1.29, 1.82) is 0 Å². The highest BCUT2D eigenvalue weighted by Gasteiger charge is 2.33. The first-order chi connectivity index (χ1) is 10.6. The van der Waals surface area contributed by atoms with Crippen LogP contribution in [0, 0.1) is 22.0 Å². The second-order valence-electron chi connectivity index (χ2n) is 6.02. The monoisotopic (exact) mass is 304 g/mol. The molecule has 7 heteroatoms. The molecule has 0 aliphatic carbocycles. The lowest BCUT2D eigenvalue weighted by molar-refractivity contribution is -0.383. The molecule has 0 radical (unpaired) electrons. The maximum absolute atomic E-state index is 12.2. The van der Waals surface area contributed by atoms with Gasteiger partial charge in [-0.2, -0.15) is 0 Å². The SMILES string of the molecule is O=C(CN1CCC2CNCC2C1)Nc1ccccc1[N+](=O)[O-]. The van der Waals surface area contributed by atoms with E-state index >= 15 is 0 Å². The zero-order chi connectivity index (χ0) is 15.5. The van der Waals surface area contributed by atoms with Crippen LogP contribution in [0.1, 0.15) is 6.42 Å². The number of piperidine rings is 1. The summed E-state index contributed by atoms with van der Waals surface area (Å²) in [4.78, 5) is 24.8. The fourth-order valence-electron chi connectivity index (χ4n) is 3.39. The minimum atomic E-state index is -0.481. The number of amides is 1. The van der Waals surface area contributed by atoms with Gasteiger partial charge in [0.15, 0.2) is 0 Å². The van der Waals surface area contributed by atoms with Gasteiger partial charge in [-0.1, -0.05) is 12.1 Å². The predicted octanol–water partition coefficient (Wildman–Crippen LogP) is 1.07. The van der Waals surface area contributed by atoms with E-state index in [1.807, 2.05) is 0 Å². The van der Waals surface area contributed by atoms with E-state index in [9.17, 15) is 14.9 Å². The average Bonchev–Trinajstić information content (AvgIpc) is 2.95. The summed E-state index contributed by atoms with van der Waals surface area (Å²) in [6, 6.07) is 6.22. The van der Waals surface area contributed by atoms with E-state index in [1.165, 1.54) is 6.07 Å². The number of nitro groups is 1. The number of hydrogen-bond acceptors (Lipinski definition) is 5. The summed E-state index contributed by atoms with van der Waals surface area (Å²) < 4.78 is 0. The minimum Gasteiger partial charge on any atom is -0.319 e. The van der Waals surface area contributed by atoms with E-state index < -0.39 is 4.92 Å². The Morgan fingerprint density at radius 2 is 2.14 bits per heavy atom. The molecule has 2 saturated heterocycles. The van der Waals surface area contributed by atoms with Crippen LogP contribution in [0.25, 0.3) is 0 Å². The van der Waals surface area contributed by atoms with Gasteiger partial charge in [0.05, 0.1) is 11.5 Å². The molecule has 2 N–H and O–H groups in total. The molecule has 2 aliphatic rings. The Morgan fingerprint density at radius 1 is 1.36 bits per heavy atom. The van der Waals surface area contributed by atoms with Gasteiger partial charge in [0.25, 0.3) is 5.69 Å². The van der Waals surface area contributed by atoms with Gasteiger partial charge in [-0.3, -0.25) is 19.8 Å². The van der Waals surface area contributed by atoms with Crippen molar-refractivity contribution in [2.75, 3.05) is 38.0 Å². The molecular formula is C15H20N4O3. The van der Waals surface area contributed by atoms with Crippen molar-refractivity contribution in [1.82, 2.24) is 10.2 Å². The molecule has 2 fully saturated rings. The maximum Gasteiger partial charge on any atom is 0.292 e. The molecule has 2 atom stereocenters. The summed E-state index contributed by atoms with van der Waals surface area (Å²) >= 11 is 0. The standard InChI is InChI=1S/C15H20N4O3/c20-15(17-13-3-1-2-4-14(13)19(21)22)10-18-6-5-11-7-16-8-12(11)9-18/h1-4,11-12,16H,5-10H2,(H,17,20). The summed E-state index contributed by atoms with van der Waals surface area (Å²) in [6.45, 7) is 4.22. The van der Waals surface area contributed by atoms with Crippen LogP contribution in [0.15, 0.2) is 24.3 Å². The Balaban J connectivity index is 1.58. The van der Waals surface area contributed by atoms with Gasteiger partial charge < -0.3 is 10.6 Å². The molecular weight excluding hydrogens is 284 g/mol. The Labute approximate surface area is 128 Å². The van der Waals surface area contributed by atoms with Crippen LogP contribution in [0.2, 0.25) is 0 Å². The van der Waals surface area contributed by atoms with E-state index in [-0.39, 0.29) is 23.8 Å². The first-order valence-electron chi connectivity index (χ1n) is 7.60. The number of nitrogens with zero attached hydrogens (tertiary/aromatic N) is 2. The summed E-state index contributed by atoms with van der Waals surface area (Å²) in [6.07, 6.45) is 1.11. The molecule has 2 heterocycles. The van der Waals surface area contributed by atoms with Crippen molar-refractivity contribution in [3.63, 3.8) is 0 Å². The third-order valence-corrected chi connectivity index (χ3v) is 4.53. The number of nitrogens with one attached hydrogen (secondary N) is 2. The quantitative estimate of drug-likeness (QED) is 0.642. The highest BCUT2D eigenvalue weighted by Crippen LogP contribution is 2.27. The minimum absolute atomic E-state index is 0.0745. The smallest absolute Gasteiger partial charge is 0.292 e. The van der Waals surface area contributed by atoms with Gasteiger partial charge in [0, 0.05) is 12.6 Å². The first-order valence-corrected chi connectivity index (χ1v) is 7.60. The maximum atomic E-state index is 12.2.